The van der Waals surface area contributed by atoms with Crippen LogP contribution in [0.5, 0.6) is 0 Å². The van der Waals surface area contributed by atoms with E-state index in [9.17, 15) is 9.59 Å². The number of nitrogens with one attached hydrogen (secondary N) is 1. The minimum atomic E-state index is -0.251. The number of rotatable bonds is 4. The van der Waals surface area contributed by atoms with Crippen molar-refractivity contribution in [1.29, 1.82) is 0 Å². The molecule has 1 amide bonds. The van der Waals surface area contributed by atoms with Crippen LogP contribution in [0.2, 0.25) is 0 Å². The Kier molecular flexibility index (Phi) is 3.97. The number of fused-ring (bicyclic) bond motifs is 1. The fraction of sp³-hybridized carbons (Fsp3) is 0.235. The van der Waals surface area contributed by atoms with Gasteiger partial charge >= 0.3 is 0 Å². The molecule has 118 valence electrons. The van der Waals surface area contributed by atoms with Gasteiger partial charge in [0.25, 0.3) is 5.56 Å². The zero-order chi connectivity index (χ0) is 16.4. The summed E-state index contributed by atoms with van der Waals surface area (Å²) in [6, 6.07) is 9.00. The van der Waals surface area contributed by atoms with E-state index < -0.39 is 0 Å². The third-order valence-corrected chi connectivity index (χ3v) is 3.89. The van der Waals surface area contributed by atoms with E-state index >= 15 is 0 Å². The molecule has 0 aliphatic rings. The van der Waals surface area contributed by atoms with Crippen molar-refractivity contribution in [2.45, 2.75) is 19.9 Å². The zero-order valence-electron chi connectivity index (χ0n) is 13.0. The molecule has 1 N–H and O–H groups in total. The van der Waals surface area contributed by atoms with Gasteiger partial charge in [-0.1, -0.05) is 18.2 Å². The van der Waals surface area contributed by atoms with E-state index in [2.05, 4.69) is 10.2 Å². The monoisotopic (exact) mass is 311 g/mol. The number of nitrogens with zero attached hydrogens (tertiary/aromatic N) is 2. The van der Waals surface area contributed by atoms with Crippen LogP contribution in [-0.2, 0) is 17.8 Å². The molecule has 0 aliphatic heterocycles. The highest BCUT2D eigenvalue weighted by atomic mass is 16.3. The standard InChI is InChI=1S/C17H17N3O3/c1-11-12(7-8-23-11)10-20(2)16(21)9-15-13-5-3-4-6-14(13)17(22)19-18-15/h3-8H,9-10H2,1-2H3,(H,19,22). The van der Waals surface area contributed by atoms with Gasteiger partial charge in [0.15, 0.2) is 0 Å². The Morgan fingerprint density at radius 3 is 2.70 bits per heavy atom. The van der Waals surface area contributed by atoms with Gasteiger partial charge in [-0.3, -0.25) is 9.59 Å². The van der Waals surface area contributed by atoms with Gasteiger partial charge in [0, 0.05) is 24.5 Å². The number of aromatic amines is 1. The second-order valence-electron chi connectivity index (χ2n) is 5.47. The van der Waals surface area contributed by atoms with Crippen molar-refractivity contribution in [2.75, 3.05) is 7.05 Å². The number of furan rings is 1. The average Bonchev–Trinajstić information content (AvgIpc) is 2.95. The third kappa shape index (κ3) is 3.01. The highest BCUT2D eigenvalue weighted by Gasteiger charge is 2.15. The predicted molar refractivity (Wildman–Crippen MR) is 86.0 cm³/mol. The summed E-state index contributed by atoms with van der Waals surface area (Å²) in [5.74, 6) is 0.729. The molecule has 1 aromatic carbocycles. The number of hydrogen-bond donors (Lipinski definition) is 1. The first kappa shape index (κ1) is 15.0. The molecule has 0 aliphatic carbocycles. The molecule has 0 bridgehead atoms. The molecule has 2 heterocycles. The number of benzene rings is 1. The van der Waals surface area contributed by atoms with E-state index in [4.69, 9.17) is 4.42 Å². The molecule has 0 radical (unpaired) electrons. The van der Waals surface area contributed by atoms with Crippen molar-refractivity contribution < 1.29 is 9.21 Å². The lowest BCUT2D eigenvalue weighted by Crippen LogP contribution is -2.28. The Hall–Kier alpha value is -2.89. The number of carbonyl (C=O) groups is 1. The number of H-pyrrole nitrogens is 1. The van der Waals surface area contributed by atoms with E-state index in [0.717, 1.165) is 11.3 Å². The molecule has 0 saturated carbocycles. The van der Waals surface area contributed by atoms with E-state index in [1.54, 1.807) is 36.4 Å². The lowest BCUT2D eigenvalue weighted by Gasteiger charge is -2.17. The van der Waals surface area contributed by atoms with Gasteiger partial charge in [-0.15, -0.1) is 0 Å². The summed E-state index contributed by atoms with van der Waals surface area (Å²) >= 11 is 0. The fourth-order valence-corrected chi connectivity index (χ4v) is 2.50. The molecule has 2 aromatic heterocycles. The highest BCUT2D eigenvalue weighted by molar-refractivity contribution is 5.88. The molecule has 23 heavy (non-hydrogen) atoms. The van der Waals surface area contributed by atoms with Gasteiger partial charge in [0.2, 0.25) is 5.91 Å². The van der Waals surface area contributed by atoms with E-state index in [1.807, 2.05) is 19.1 Å². The van der Waals surface area contributed by atoms with Crippen molar-refractivity contribution in [3.63, 3.8) is 0 Å². The maximum absolute atomic E-state index is 12.4. The summed E-state index contributed by atoms with van der Waals surface area (Å²) in [6.45, 7) is 2.34. The van der Waals surface area contributed by atoms with Crippen LogP contribution in [0.1, 0.15) is 17.0 Å². The van der Waals surface area contributed by atoms with Crippen LogP contribution in [0.3, 0.4) is 0 Å². The quantitative estimate of drug-likeness (QED) is 0.799. The van der Waals surface area contributed by atoms with Crippen LogP contribution in [0.4, 0.5) is 0 Å². The Morgan fingerprint density at radius 1 is 1.26 bits per heavy atom. The summed E-state index contributed by atoms with van der Waals surface area (Å²) < 4.78 is 5.24. The van der Waals surface area contributed by atoms with Gasteiger partial charge < -0.3 is 9.32 Å². The first-order valence-electron chi connectivity index (χ1n) is 7.29. The molecular formula is C17H17N3O3. The van der Waals surface area contributed by atoms with Crippen molar-refractivity contribution >= 4 is 16.7 Å². The zero-order valence-corrected chi connectivity index (χ0v) is 13.0. The minimum Gasteiger partial charge on any atom is -0.469 e. The molecule has 0 atom stereocenters. The minimum absolute atomic E-state index is 0.0738. The summed E-state index contributed by atoms with van der Waals surface area (Å²) in [7, 11) is 1.74. The number of carbonyl (C=O) groups excluding carboxylic acids is 1. The van der Waals surface area contributed by atoms with Gasteiger partial charge in [-0.25, -0.2) is 5.10 Å². The molecular weight excluding hydrogens is 294 g/mol. The molecule has 0 saturated heterocycles. The lowest BCUT2D eigenvalue weighted by atomic mass is 10.1. The Labute approximate surface area is 132 Å². The van der Waals surface area contributed by atoms with Gasteiger partial charge in [-0.2, -0.15) is 5.10 Å². The molecule has 6 heteroatoms. The second kappa shape index (κ2) is 6.08. The van der Waals surface area contributed by atoms with E-state index in [-0.39, 0.29) is 17.9 Å². The lowest BCUT2D eigenvalue weighted by molar-refractivity contribution is -0.129. The first-order valence-corrected chi connectivity index (χ1v) is 7.29. The van der Waals surface area contributed by atoms with Crippen LogP contribution in [0, 0.1) is 6.92 Å². The largest absolute Gasteiger partial charge is 0.469 e. The van der Waals surface area contributed by atoms with Gasteiger partial charge in [0.05, 0.1) is 23.8 Å². The average molecular weight is 311 g/mol. The van der Waals surface area contributed by atoms with Crippen molar-refractivity contribution in [1.82, 2.24) is 15.1 Å². The normalized spacial score (nSPS) is 10.9. The topological polar surface area (TPSA) is 79.2 Å². The number of amides is 1. The summed E-state index contributed by atoms with van der Waals surface area (Å²) in [5, 5.41) is 7.74. The Balaban J connectivity index is 1.82. The van der Waals surface area contributed by atoms with Crippen LogP contribution in [-0.4, -0.2) is 28.1 Å². The van der Waals surface area contributed by atoms with Crippen LogP contribution < -0.4 is 5.56 Å². The predicted octanol–water partition coefficient (Wildman–Crippen LogP) is 2.03. The van der Waals surface area contributed by atoms with E-state index in [1.165, 1.54) is 0 Å². The molecule has 3 aromatic rings. The van der Waals surface area contributed by atoms with Crippen molar-refractivity contribution in [3.8, 4) is 0 Å². The summed E-state index contributed by atoms with van der Waals surface area (Å²) in [4.78, 5) is 25.8. The Bertz CT molecular complexity index is 911. The molecule has 3 rings (SSSR count). The number of hydrogen-bond acceptors (Lipinski definition) is 4. The number of likely N-dealkylation sites (N-methyl/N-ethyl adjacent to an activating group) is 1. The first-order chi connectivity index (χ1) is 11.1. The third-order valence-electron chi connectivity index (χ3n) is 3.89. The molecule has 0 fully saturated rings. The number of aryl methyl sites for hydroxylation is 1. The fourth-order valence-electron chi connectivity index (χ4n) is 2.50. The van der Waals surface area contributed by atoms with Gasteiger partial charge in [0.1, 0.15) is 5.76 Å². The van der Waals surface area contributed by atoms with E-state index in [0.29, 0.717) is 23.0 Å². The maximum atomic E-state index is 12.4. The smallest absolute Gasteiger partial charge is 0.272 e. The second-order valence-corrected chi connectivity index (χ2v) is 5.47. The van der Waals surface area contributed by atoms with Crippen LogP contribution in [0.25, 0.3) is 10.8 Å². The Morgan fingerprint density at radius 2 is 2.00 bits per heavy atom. The van der Waals surface area contributed by atoms with Gasteiger partial charge in [-0.05, 0) is 19.1 Å². The van der Waals surface area contributed by atoms with Crippen molar-refractivity contribution in [2.24, 2.45) is 0 Å². The van der Waals surface area contributed by atoms with Crippen LogP contribution >= 0.6 is 0 Å². The molecule has 0 spiro atoms. The van der Waals surface area contributed by atoms with Crippen LogP contribution in [0.15, 0.2) is 45.8 Å². The summed E-state index contributed by atoms with van der Waals surface area (Å²) in [6.07, 6.45) is 1.74. The number of aromatic nitrogens is 2. The highest BCUT2D eigenvalue weighted by Crippen LogP contribution is 2.15. The summed E-state index contributed by atoms with van der Waals surface area (Å²) in [5.41, 5.74) is 1.29. The van der Waals surface area contributed by atoms with Crippen molar-refractivity contribution in [3.05, 3.63) is 64.0 Å². The molecule has 6 nitrogen and oxygen atoms in total. The molecule has 0 unspecified atom stereocenters. The maximum Gasteiger partial charge on any atom is 0.272 e. The SMILES string of the molecule is Cc1occc1CN(C)C(=O)Cc1n[nH]c(=O)c2ccccc12.